The van der Waals surface area contributed by atoms with Crippen molar-refractivity contribution in [3.63, 3.8) is 0 Å². The van der Waals surface area contributed by atoms with E-state index in [4.69, 9.17) is 15.6 Å². The molecule has 0 saturated heterocycles. The van der Waals surface area contributed by atoms with E-state index in [1.807, 2.05) is 0 Å². The van der Waals surface area contributed by atoms with Crippen LogP contribution in [0.4, 0.5) is 0 Å². The Morgan fingerprint density at radius 2 is 1.50 bits per heavy atom. The number of aliphatic hydroxyl groups excluding tert-OH is 1. The standard InChI is InChI=1S/CHNO.CHN.BrH/c2-1-3;1-2;/h3H;1H;1H. The van der Waals surface area contributed by atoms with E-state index in [2.05, 4.69) is 6.57 Å². The van der Waals surface area contributed by atoms with Gasteiger partial charge in [0.1, 0.15) is 0 Å². The zero-order valence-corrected chi connectivity index (χ0v) is 4.54. The van der Waals surface area contributed by atoms with Gasteiger partial charge in [-0.15, -0.1) is 17.0 Å². The maximum atomic E-state index is 6.88. The molecule has 0 saturated carbocycles. The van der Waals surface area contributed by atoms with Crippen molar-refractivity contribution in [3.8, 4) is 12.8 Å². The molecule has 0 bridgehead atoms. The number of hydrogen-bond acceptors (Lipinski definition) is 3. The molecular formula is C2H3BrN2O. The molecule has 1 N–H and O–H groups in total. The molecule has 0 aromatic rings. The minimum atomic E-state index is 0. The second-order valence-corrected chi connectivity index (χ2v) is 0.100. The molecule has 0 atom stereocenters. The lowest BCUT2D eigenvalue weighted by Crippen LogP contribution is -1.27. The van der Waals surface area contributed by atoms with Crippen LogP contribution in [0.25, 0.3) is 0 Å². The van der Waals surface area contributed by atoms with E-state index >= 15 is 0 Å². The normalized spacial score (nSPS) is 1.50. The molecule has 0 radical (unpaired) electrons. The molecule has 34 valence electrons. The summed E-state index contributed by atoms with van der Waals surface area (Å²) in [6.45, 7) is 3.50. The zero-order valence-electron chi connectivity index (χ0n) is 2.83. The van der Waals surface area contributed by atoms with Gasteiger partial charge in [-0.1, -0.05) is 0 Å². The van der Waals surface area contributed by atoms with Crippen LogP contribution in [0, 0.1) is 23.4 Å². The third-order valence-corrected chi connectivity index (χ3v) is 0. The lowest BCUT2D eigenvalue weighted by atomic mass is 11.6. The second kappa shape index (κ2) is 670. The summed E-state index contributed by atoms with van der Waals surface area (Å²) in [6.07, 6.45) is 0.750. The van der Waals surface area contributed by atoms with E-state index in [-0.39, 0.29) is 17.0 Å². The molecule has 0 spiro atoms. The van der Waals surface area contributed by atoms with Gasteiger partial charge in [-0.3, -0.25) is 0 Å². The van der Waals surface area contributed by atoms with E-state index in [0.717, 1.165) is 6.26 Å². The summed E-state index contributed by atoms with van der Waals surface area (Å²) < 4.78 is 0. The van der Waals surface area contributed by atoms with Crippen molar-refractivity contribution < 1.29 is 5.11 Å². The molecule has 0 aliphatic rings. The Morgan fingerprint density at radius 3 is 1.50 bits per heavy atom. The number of rotatable bonds is 0. The van der Waals surface area contributed by atoms with Crippen molar-refractivity contribution >= 4 is 17.0 Å². The Morgan fingerprint density at radius 1 is 1.50 bits per heavy atom. The minimum absolute atomic E-state index is 0. The highest BCUT2D eigenvalue weighted by atomic mass is 79.9. The zero-order chi connectivity index (χ0) is 4.71. The third kappa shape index (κ3) is 30.4. The summed E-state index contributed by atoms with van der Waals surface area (Å²) in [4.78, 5) is 0. The van der Waals surface area contributed by atoms with Gasteiger partial charge in [0.2, 0.25) is 0 Å². The Hall–Kier alpha value is -0.740. The molecule has 0 heterocycles. The van der Waals surface area contributed by atoms with Crippen molar-refractivity contribution in [2.24, 2.45) is 0 Å². The molecule has 0 aromatic carbocycles. The van der Waals surface area contributed by atoms with Crippen molar-refractivity contribution in [3.05, 3.63) is 0 Å². The van der Waals surface area contributed by atoms with Gasteiger partial charge in [-0.05, 0) is 0 Å². The molecule has 0 unspecified atom stereocenters. The molecule has 0 aliphatic carbocycles. The van der Waals surface area contributed by atoms with Gasteiger partial charge in [0, 0.05) is 6.57 Å². The van der Waals surface area contributed by atoms with Gasteiger partial charge >= 0.3 is 0 Å². The van der Waals surface area contributed by atoms with Crippen LogP contribution in [0.5, 0.6) is 0 Å². The molecule has 0 aromatic heterocycles. The van der Waals surface area contributed by atoms with Crippen LogP contribution >= 0.6 is 17.0 Å². The smallest absolute Gasteiger partial charge is 0.283 e. The topological polar surface area (TPSA) is 67.8 Å². The van der Waals surface area contributed by atoms with Gasteiger partial charge in [-0.2, -0.15) is 5.26 Å². The summed E-state index contributed by atoms with van der Waals surface area (Å²) in [5, 5.41) is 20.2. The van der Waals surface area contributed by atoms with Crippen molar-refractivity contribution in [1.29, 1.82) is 10.5 Å². The van der Waals surface area contributed by atoms with Crippen LogP contribution in [0.2, 0.25) is 0 Å². The number of halogens is 1. The summed E-state index contributed by atoms with van der Waals surface area (Å²) in [5.41, 5.74) is 0. The van der Waals surface area contributed by atoms with Gasteiger partial charge in [0.05, 0.1) is 0 Å². The first-order valence-electron chi connectivity index (χ1n) is 0.705. The number of nitriles is 2. The van der Waals surface area contributed by atoms with Crippen LogP contribution < -0.4 is 0 Å². The van der Waals surface area contributed by atoms with Crippen molar-refractivity contribution in [2.75, 3.05) is 0 Å². The summed E-state index contributed by atoms with van der Waals surface area (Å²) in [6, 6.07) is 0. The van der Waals surface area contributed by atoms with Crippen molar-refractivity contribution in [1.82, 2.24) is 0 Å². The fourth-order valence-corrected chi connectivity index (χ4v) is 0. The molecular weight excluding hydrogens is 148 g/mol. The Kier molecular flexibility index (Phi) is 2090. The highest BCUT2D eigenvalue weighted by Gasteiger charge is 1.16. The van der Waals surface area contributed by atoms with Crippen LogP contribution in [0.15, 0.2) is 0 Å². The molecule has 6 heavy (non-hydrogen) atoms. The Balaban J connectivity index is -0.0000000275. The lowest BCUT2D eigenvalue weighted by molar-refractivity contribution is 0.503. The predicted molar refractivity (Wildman–Crippen MR) is 24.5 cm³/mol. The Labute approximate surface area is 46.2 Å². The first-order chi connectivity index (χ1) is 2.41. The summed E-state index contributed by atoms with van der Waals surface area (Å²) in [7, 11) is 0. The van der Waals surface area contributed by atoms with Gasteiger partial charge < -0.3 is 5.11 Å². The molecule has 0 aliphatic heterocycles. The highest BCUT2D eigenvalue weighted by molar-refractivity contribution is 8.93. The summed E-state index contributed by atoms with van der Waals surface area (Å²) >= 11 is 0. The van der Waals surface area contributed by atoms with E-state index in [0.29, 0.717) is 0 Å². The van der Waals surface area contributed by atoms with Crippen LogP contribution in [-0.4, -0.2) is 5.11 Å². The molecule has 3 nitrogen and oxygen atoms in total. The molecule has 4 heteroatoms. The fourth-order valence-electron chi connectivity index (χ4n) is 0. The SMILES string of the molecule is Br.C#N.N#CO. The average Bonchev–Trinajstić information content (AvgIpc) is 1.46. The number of aliphatic hydroxyl groups is 1. The maximum Gasteiger partial charge on any atom is 0.283 e. The summed E-state index contributed by atoms with van der Waals surface area (Å²) in [5.74, 6) is 0. The predicted octanol–water partition coefficient (Wildman–Crippen LogP) is 0.558. The van der Waals surface area contributed by atoms with E-state index in [9.17, 15) is 0 Å². The average molecular weight is 151 g/mol. The Bertz CT molecular complexity index is 54.3. The lowest BCUT2D eigenvalue weighted by Gasteiger charge is -1.25. The van der Waals surface area contributed by atoms with E-state index < -0.39 is 0 Å². The van der Waals surface area contributed by atoms with Gasteiger partial charge in [-0.25, -0.2) is 5.26 Å². The molecule has 0 fully saturated rings. The number of hydrogen-bond donors (Lipinski definition) is 1. The maximum absolute atomic E-state index is 6.88. The quantitative estimate of drug-likeness (QED) is 0.514. The first kappa shape index (κ1) is 18.7. The largest absolute Gasteiger partial charge is 0.443 e. The monoisotopic (exact) mass is 150 g/mol. The third-order valence-electron chi connectivity index (χ3n) is 0. The van der Waals surface area contributed by atoms with Gasteiger partial charge in [0.15, 0.2) is 0 Å². The highest BCUT2D eigenvalue weighted by Crippen LogP contribution is 1.06. The second-order valence-electron chi connectivity index (χ2n) is 0.100. The molecule has 0 rings (SSSR count). The van der Waals surface area contributed by atoms with E-state index in [1.165, 1.54) is 0 Å². The van der Waals surface area contributed by atoms with E-state index in [1.54, 1.807) is 0 Å². The fraction of sp³-hybridized carbons (Fsp3) is 0. The number of nitrogens with zero attached hydrogens (tertiary/aromatic N) is 2. The molecule has 0 amide bonds. The van der Waals surface area contributed by atoms with Crippen LogP contribution in [0.1, 0.15) is 0 Å². The van der Waals surface area contributed by atoms with Crippen LogP contribution in [-0.2, 0) is 0 Å². The van der Waals surface area contributed by atoms with Crippen LogP contribution in [0.3, 0.4) is 0 Å². The first-order valence-corrected chi connectivity index (χ1v) is 0.705. The van der Waals surface area contributed by atoms with Crippen molar-refractivity contribution in [2.45, 2.75) is 0 Å². The minimum Gasteiger partial charge on any atom is -0.443 e. The van der Waals surface area contributed by atoms with Gasteiger partial charge in [0.25, 0.3) is 6.26 Å².